The van der Waals surface area contributed by atoms with E-state index in [4.69, 9.17) is 15.2 Å². The lowest BCUT2D eigenvalue weighted by Crippen LogP contribution is -2.39. The van der Waals surface area contributed by atoms with E-state index >= 15 is 0 Å². The number of carbonyl (C=O) groups excluding carboxylic acids is 1. The van der Waals surface area contributed by atoms with Crippen molar-refractivity contribution in [1.82, 2.24) is 0 Å². The molecule has 0 aromatic heterocycles. The Bertz CT molecular complexity index is 163. The minimum atomic E-state index is -0.681. The van der Waals surface area contributed by atoms with Crippen LogP contribution < -0.4 is 5.73 Å². The summed E-state index contributed by atoms with van der Waals surface area (Å²) in [5.74, 6) is -0.410. The Morgan fingerprint density at radius 2 is 2.00 bits per heavy atom. The Hall–Kier alpha value is -0.610. The molecule has 0 aliphatic heterocycles. The van der Waals surface area contributed by atoms with Crippen LogP contribution in [0.5, 0.6) is 0 Å². The van der Waals surface area contributed by atoms with Gasteiger partial charge in [-0.25, -0.2) is 0 Å². The van der Waals surface area contributed by atoms with E-state index in [9.17, 15) is 4.79 Å². The van der Waals surface area contributed by atoms with E-state index in [1.807, 2.05) is 20.8 Å². The highest BCUT2D eigenvalue weighted by atomic mass is 16.5. The Morgan fingerprint density at radius 3 is 2.38 bits per heavy atom. The Kier molecular flexibility index (Phi) is 4.95. The van der Waals surface area contributed by atoms with Crippen LogP contribution in [0.15, 0.2) is 0 Å². The molecule has 1 unspecified atom stereocenters. The first-order valence-corrected chi connectivity index (χ1v) is 4.43. The molecule has 0 saturated heterocycles. The largest absolute Gasteiger partial charge is 0.465 e. The van der Waals surface area contributed by atoms with Crippen molar-refractivity contribution in [3.05, 3.63) is 0 Å². The van der Waals surface area contributed by atoms with Gasteiger partial charge in [0.2, 0.25) is 0 Å². The van der Waals surface area contributed by atoms with Crippen LogP contribution in [-0.2, 0) is 14.3 Å². The van der Waals surface area contributed by atoms with Crippen LogP contribution in [0.2, 0.25) is 0 Å². The van der Waals surface area contributed by atoms with Gasteiger partial charge in [-0.3, -0.25) is 4.79 Å². The van der Waals surface area contributed by atoms with Gasteiger partial charge in [0, 0.05) is 0 Å². The van der Waals surface area contributed by atoms with Gasteiger partial charge < -0.3 is 15.2 Å². The summed E-state index contributed by atoms with van der Waals surface area (Å²) in [6.45, 7) is 8.01. The molecule has 0 radical (unpaired) electrons. The number of esters is 1. The van der Waals surface area contributed by atoms with Gasteiger partial charge in [-0.2, -0.15) is 0 Å². The van der Waals surface area contributed by atoms with E-state index in [1.165, 1.54) is 0 Å². The zero-order valence-electron chi connectivity index (χ0n) is 8.79. The molecule has 0 bridgehead atoms. The highest BCUT2D eigenvalue weighted by molar-refractivity contribution is 5.75. The van der Waals surface area contributed by atoms with Crippen molar-refractivity contribution in [2.45, 2.75) is 39.3 Å². The molecule has 2 N–H and O–H groups in total. The molecule has 0 aromatic rings. The van der Waals surface area contributed by atoms with Gasteiger partial charge in [-0.1, -0.05) is 0 Å². The topological polar surface area (TPSA) is 61.5 Å². The monoisotopic (exact) mass is 189 g/mol. The summed E-state index contributed by atoms with van der Waals surface area (Å²) in [7, 11) is 0. The van der Waals surface area contributed by atoms with Crippen molar-refractivity contribution in [1.29, 1.82) is 0 Å². The minimum Gasteiger partial charge on any atom is -0.465 e. The van der Waals surface area contributed by atoms with Gasteiger partial charge in [0.1, 0.15) is 6.04 Å². The number of hydrogen-bond donors (Lipinski definition) is 1. The van der Waals surface area contributed by atoms with E-state index in [2.05, 4.69) is 0 Å². The summed E-state index contributed by atoms with van der Waals surface area (Å²) in [6.07, 6.45) is 0. The molecule has 0 amide bonds. The molecular weight excluding hydrogens is 170 g/mol. The molecule has 4 nitrogen and oxygen atoms in total. The zero-order valence-corrected chi connectivity index (χ0v) is 8.79. The van der Waals surface area contributed by atoms with E-state index in [0.717, 1.165) is 0 Å². The van der Waals surface area contributed by atoms with Crippen molar-refractivity contribution < 1.29 is 14.3 Å². The Balaban J connectivity index is 3.74. The van der Waals surface area contributed by atoms with Crippen LogP contribution in [0, 0.1) is 0 Å². The molecular formula is C9H19NO3. The summed E-state index contributed by atoms with van der Waals surface area (Å²) in [4.78, 5) is 11.0. The van der Waals surface area contributed by atoms with E-state index < -0.39 is 12.0 Å². The fraction of sp³-hybridized carbons (Fsp3) is 0.889. The lowest BCUT2D eigenvalue weighted by Gasteiger charge is -2.21. The molecule has 0 aromatic carbocycles. The van der Waals surface area contributed by atoms with Crippen molar-refractivity contribution >= 4 is 5.97 Å². The van der Waals surface area contributed by atoms with Crippen molar-refractivity contribution in [2.75, 3.05) is 13.2 Å². The average Bonchev–Trinajstić information content (AvgIpc) is 1.99. The number of carbonyl (C=O) groups is 1. The van der Waals surface area contributed by atoms with Gasteiger partial charge in [0.05, 0.1) is 18.8 Å². The molecule has 0 rings (SSSR count). The van der Waals surface area contributed by atoms with E-state index in [1.54, 1.807) is 6.92 Å². The number of ether oxygens (including phenoxy) is 2. The summed E-state index contributed by atoms with van der Waals surface area (Å²) in [6, 6.07) is -0.681. The van der Waals surface area contributed by atoms with Gasteiger partial charge in [0.15, 0.2) is 0 Å². The van der Waals surface area contributed by atoms with Gasteiger partial charge in [-0.05, 0) is 27.7 Å². The smallest absolute Gasteiger partial charge is 0.325 e. The maximum Gasteiger partial charge on any atom is 0.325 e. The van der Waals surface area contributed by atoms with E-state index in [0.29, 0.717) is 6.61 Å². The first-order chi connectivity index (χ1) is 5.87. The second-order valence-electron chi connectivity index (χ2n) is 3.78. The molecule has 0 aliphatic rings. The molecule has 0 aliphatic carbocycles. The first kappa shape index (κ1) is 12.4. The standard InChI is InChI=1S/C9H19NO3/c1-5-12-8(11)7(10)6-13-9(2,3)4/h7H,5-6,10H2,1-4H3. The molecule has 4 heteroatoms. The van der Waals surface area contributed by atoms with Crippen molar-refractivity contribution in [2.24, 2.45) is 5.73 Å². The number of hydrogen-bond acceptors (Lipinski definition) is 4. The zero-order chi connectivity index (χ0) is 10.5. The van der Waals surface area contributed by atoms with Gasteiger partial charge in [0.25, 0.3) is 0 Å². The first-order valence-electron chi connectivity index (χ1n) is 4.43. The van der Waals surface area contributed by atoms with Crippen LogP contribution >= 0.6 is 0 Å². The predicted molar refractivity (Wildman–Crippen MR) is 50.3 cm³/mol. The van der Waals surface area contributed by atoms with Crippen LogP contribution in [-0.4, -0.2) is 30.8 Å². The highest BCUT2D eigenvalue weighted by Gasteiger charge is 2.18. The fourth-order valence-corrected chi connectivity index (χ4v) is 0.657. The maximum absolute atomic E-state index is 11.0. The lowest BCUT2D eigenvalue weighted by atomic mass is 10.2. The van der Waals surface area contributed by atoms with Crippen molar-refractivity contribution in [3.8, 4) is 0 Å². The Labute approximate surface area is 79.4 Å². The molecule has 0 spiro atoms. The fourth-order valence-electron chi connectivity index (χ4n) is 0.657. The number of nitrogens with two attached hydrogens (primary N) is 1. The average molecular weight is 189 g/mol. The summed E-state index contributed by atoms with van der Waals surface area (Å²) in [5, 5.41) is 0. The number of rotatable bonds is 4. The molecule has 0 saturated carbocycles. The molecule has 78 valence electrons. The van der Waals surface area contributed by atoms with Crippen LogP contribution in [0.25, 0.3) is 0 Å². The molecule has 0 fully saturated rings. The molecule has 1 atom stereocenters. The quantitative estimate of drug-likeness (QED) is 0.661. The predicted octanol–water partition coefficient (Wildman–Crippen LogP) is 0.692. The second kappa shape index (κ2) is 5.19. The van der Waals surface area contributed by atoms with Crippen LogP contribution in [0.3, 0.4) is 0 Å². The van der Waals surface area contributed by atoms with E-state index in [-0.39, 0.29) is 12.2 Å². The Morgan fingerprint density at radius 1 is 1.46 bits per heavy atom. The molecule has 0 heterocycles. The van der Waals surface area contributed by atoms with Crippen LogP contribution in [0.1, 0.15) is 27.7 Å². The van der Waals surface area contributed by atoms with Gasteiger partial charge in [-0.15, -0.1) is 0 Å². The third-order valence-electron chi connectivity index (χ3n) is 1.29. The van der Waals surface area contributed by atoms with Crippen molar-refractivity contribution in [3.63, 3.8) is 0 Å². The third kappa shape index (κ3) is 6.54. The minimum absolute atomic E-state index is 0.197. The normalized spacial score (nSPS) is 13.9. The summed E-state index contributed by atoms with van der Waals surface area (Å²) < 4.78 is 10.1. The summed E-state index contributed by atoms with van der Waals surface area (Å²) in [5.41, 5.74) is 5.24. The SMILES string of the molecule is CCOC(=O)C(N)COC(C)(C)C. The maximum atomic E-state index is 11.0. The lowest BCUT2D eigenvalue weighted by molar-refractivity contribution is -0.147. The summed E-state index contributed by atoms with van der Waals surface area (Å²) >= 11 is 0. The second-order valence-corrected chi connectivity index (χ2v) is 3.78. The third-order valence-corrected chi connectivity index (χ3v) is 1.29. The highest BCUT2D eigenvalue weighted by Crippen LogP contribution is 2.06. The van der Waals surface area contributed by atoms with Crippen LogP contribution in [0.4, 0.5) is 0 Å². The molecule has 13 heavy (non-hydrogen) atoms. The van der Waals surface area contributed by atoms with Gasteiger partial charge >= 0.3 is 5.97 Å².